The van der Waals surface area contributed by atoms with Gasteiger partial charge in [0.05, 0.1) is 4.88 Å². The average molecular weight is 386 g/mol. The summed E-state index contributed by atoms with van der Waals surface area (Å²) in [4.78, 5) is 20.0. The van der Waals surface area contributed by atoms with E-state index in [1.807, 2.05) is 21.7 Å². The van der Waals surface area contributed by atoms with Gasteiger partial charge in [0, 0.05) is 28.3 Å². The van der Waals surface area contributed by atoms with E-state index >= 15 is 0 Å². The number of hydrogen-bond donors (Lipinski definition) is 1. The number of carbonyl (C=O) groups is 1. The van der Waals surface area contributed by atoms with Crippen LogP contribution >= 0.6 is 38.6 Å². The van der Waals surface area contributed by atoms with E-state index in [9.17, 15) is 4.79 Å². The molecule has 0 saturated carbocycles. The fourth-order valence-corrected chi connectivity index (χ4v) is 4.74. The molecule has 2 aromatic rings. The molecule has 1 fully saturated rings. The number of nitrogens with two attached hydrogens (primary N) is 1. The number of rotatable bonds is 3. The second kappa shape index (κ2) is 5.79. The van der Waals surface area contributed by atoms with Gasteiger partial charge in [-0.05, 0) is 40.4 Å². The Morgan fingerprint density at radius 3 is 2.95 bits per heavy atom. The summed E-state index contributed by atoms with van der Waals surface area (Å²) < 4.78 is 1.05. The van der Waals surface area contributed by atoms with Crippen LogP contribution in [-0.4, -0.2) is 35.4 Å². The molecule has 1 unspecified atom stereocenters. The zero-order valence-corrected chi connectivity index (χ0v) is 14.9. The Kier molecular flexibility index (Phi) is 4.18. The number of thiophene rings is 1. The first-order valence-electron chi connectivity index (χ1n) is 6.70. The molecule has 2 aromatic heterocycles. The van der Waals surface area contributed by atoms with Gasteiger partial charge in [0.25, 0.3) is 5.91 Å². The summed E-state index contributed by atoms with van der Waals surface area (Å²) in [6, 6.07) is 2.03. The Labute approximate surface area is 140 Å². The van der Waals surface area contributed by atoms with Crippen LogP contribution in [0.25, 0.3) is 9.88 Å². The molecule has 3 heterocycles. The van der Waals surface area contributed by atoms with Crippen LogP contribution < -0.4 is 5.73 Å². The van der Waals surface area contributed by atoms with Crippen molar-refractivity contribution >= 4 is 44.5 Å². The van der Waals surface area contributed by atoms with Gasteiger partial charge in [-0.25, -0.2) is 4.98 Å². The molecule has 0 bridgehead atoms. The van der Waals surface area contributed by atoms with Crippen LogP contribution in [0, 0.1) is 5.41 Å². The highest BCUT2D eigenvalue weighted by atomic mass is 79.9. The number of aromatic nitrogens is 1. The van der Waals surface area contributed by atoms with Crippen molar-refractivity contribution in [1.82, 2.24) is 9.88 Å². The number of amides is 1. The molecule has 7 heteroatoms. The standard InChI is InChI=1S/C14H16BrN3OS2/c1-14(7-16)2-3-18(8-14)13(19)10-6-21-12(17-10)11-4-9(15)5-20-11/h4-6H,2-3,7-8,16H2,1H3. The van der Waals surface area contributed by atoms with Gasteiger partial charge in [0.2, 0.25) is 0 Å². The lowest BCUT2D eigenvalue weighted by Crippen LogP contribution is -2.34. The van der Waals surface area contributed by atoms with E-state index in [1.54, 1.807) is 11.3 Å². The Morgan fingerprint density at radius 1 is 1.52 bits per heavy atom. The van der Waals surface area contributed by atoms with Crippen molar-refractivity contribution in [3.05, 3.63) is 27.0 Å². The van der Waals surface area contributed by atoms with Gasteiger partial charge >= 0.3 is 0 Å². The summed E-state index contributed by atoms with van der Waals surface area (Å²) in [5.74, 6) is 0.0188. The van der Waals surface area contributed by atoms with Crippen LogP contribution in [0.15, 0.2) is 21.3 Å². The van der Waals surface area contributed by atoms with Gasteiger partial charge in [-0.1, -0.05) is 6.92 Å². The van der Waals surface area contributed by atoms with Gasteiger partial charge < -0.3 is 10.6 Å². The third kappa shape index (κ3) is 3.06. The number of carbonyl (C=O) groups excluding carboxylic acids is 1. The predicted octanol–water partition coefficient (Wildman–Crippen LogP) is 3.45. The van der Waals surface area contributed by atoms with Crippen LogP contribution in [0.5, 0.6) is 0 Å². The SMILES string of the molecule is CC1(CN)CCN(C(=O)c2csc(-c3cc(Br)cs3)n2)C1. The molecular weight excluding hydrogens is 370 g/mol. The third-order valence-electron chi connectivity index (χ3n) is 3.84. The zero-order valence-electron chi connectivity index (χ0n) is 11.6. The summed E-state index contributed by atoms with van der Waals surface area (Å²) in [5, 5.41) is 4.77. The third-order valence-corrected chi connectivity index (χ3v) is 6.54. The molecule has 1 saturated heterocycles. The lowest BCUT2D eigenvalue weighted by molar-refractivity contribution is 0.0772. The van der Waals surface area contributed by atoms with E-state index in [0.717, 1.165) is 33.9 Å². The van der Waals surface area contributed by atoms with Crippen molar-refractivity contribution in [2.45, 2.75) is 13.3 Å². The van der Waals surface area contributed by atoms with Gasteiger partial charge in [0.1, 0.15) is 10.7 Å². The summed E-state index contributed by atoms with van der Waals surface area (Å²) >= 11 is 6.58. The van der Waals surface area contributed by atoms with E-state index in [2.05, 4.69) is 27.8 Å². The fourth-order valence-electron chi connectivity index (χ4n) is 2.44. The van der Waals surface area contributed by atoms with Crippen molar-refractivity contribution in [2.24, 2.45) is 11.1 Å². The van der Waals surface area contributed by atoms with E-state index in [4.69, 9.17) is 5.73 Å². The number of halogens is 1. The maximum atomic E-state index is 12.5. The summed E-state index contributed by atoms with van der Waals surface area (Å²) in [5.41, 5.74) is 6.39. The number of likely N-dealkylation sites (tertiary alicyclic amines) is 1. The van der Waals surface area contributed by atoms with Crippen LogP contribution in [0.1, 0.15) is 23.8 Å². The normalized spacial score (nSPS) is 22.0. The summed E-state index contributed by atoms with van der Waals surface area (Å²) in [6.07, 6.45) is 0.962. The van der Waals surface area contributed by atoms with Crippen molar-refractivity contribution in [3.63, 3.8) is 0 Å². The minimum absolute atomic E-state index is 0.0188. The molecule has 2 N–H and O–H groups in total. The van der Waals surface area contributed by atoms with Crippen molar-refractivity contribution in [2.75, 3.05) is 19.6 Å². The van der Waals surface area contributed by atoms with Crippen LogP contribution in [0.3, 0.4) is 0 Å². The molecular formula is C14H16BrN3OS2. The summed E-state index contributed by atoms with van der Waals surface area (Å²) in [7, 11) is 0. The van der Waals surface area contributed by atoms with Gasteiger partial charge in [-0.3, -0.25) is 4.79 Å². The quantitative estimate of drug-likeness (QED) is 0.879. The van der Waals surface area contributed by atoms with Gasteiger partial charge in [0.15, 0.2) is 0 Å². The first-order valence-corrected chi connectivity index (χ1v) is 9.25. The predicted molar refractivity (Wildman–Crippen MR) is 90.8 cm³/mol. The van der Waals surface area contributed by atoms with Gasteiger partial charge in [-0.2, -0.15) is 0 Å². The molecule has 21 heavy (non-hydrogen) atoms. The minimum atomic E-state index is 0.0188. The molecule has 3 rings (SSSR count). The maximum Gasteiger partial charge on any atom is 0.273 e. The Bertz CT molecular complexity index is 669. The van der Waals surface area contributed by atoms with E-state index < -0.39 is 0 Å². The second-order valence-electron chi connectivity index (χ2n) is 5.66. The van der Waals surface area contributed by atoms with E-state index in [1.165, 1.54) is 11.3 Å². The van der Waals surface area contributed by atoms with Crippen molar-refractivity contribution in [1.29, 1.82) is 0 Å². The molecule has 1 aliphatic rings. The average Bonchev–Trinajstić information content (AvgIpc) is 3.17. The van der Waals surface area contributed by atoms with Crippen LogP contribution in [0.2, 0.25) is 0 Å². The molecule has 0 aliphatic carbocycles. The first-order chi connectivity index (χ1) is 10.0. The molecule has 1 aliphatic heterocycles. The first kappa shape index (κ1) is 15.1. The molecule has 0 aromatic carbocycles. The van der Waals surface area contributed by atoms with Crippen LogP contribution in [-0.2, 0) is 0 Å². The molecule has 112 valence electrons. The topological polar surface area (TPSA) is 59.2 Å². The molecule has 0 radical (unpaired) electrons. The lowest BCUT2D eigenvalue weighted by Gasteiger charge is -2.22. The highest BCUT2D eigenvalue weighted by Crippen LogP contribution is 2.33. The Balaban J connectivity index is 1.76. The van der Waals surface area contributed by atoms with E-state index in [-0.39, 0.29) is 11.3 Å². The number of hydrogen-bond acceptors (Lipinski definition) is 5. The molecule has 1 amide bonds. The number of nitrogens with zero attached hydrogens (tertiary/aromatic N) is 2. The Morgan fingerprint density at radius 2 is 2.33 bits per heavy atom. The molecule has 0 spiro atoms. The largest absolute Gasteiger partial charge is 0.337 e. The number of thiazole rings is 1. The lowest BCUT2D eigenvalue weighted by atomic mass is 9.90. The molecule has 4 nitrogen and oxygen atoms in total. The maximum absolute atomic E-state index is 12.5. The van der Waals surface area contributed by atoms with Crippen molar-refractivity contribution in [3.8, 4) is 9.88 Å². The fraction of sp³-hybridized carbons (Fsp3) is 0.429. The Hall–Kier alpha value is -0.760. The second-order valence-corrected chi connectivity index (χ2v) is 8.34. The summed E-state index contributed by atoms with van der Waals surface area (Å²) in [6.45, 7) is 4.24. The van der Waals surface area contributed by atoms with Crippen molar-refractivity contribution < 1.29 is 4.79 Å². The smallest absolute Gasteiger partial charge is 0.273 e. The zero-order chi connectivity index (χ0) is 15.0. The highest BCUT2D eigenvalue weighted by molar-refractivity contribution is 9.10. The van der Waals surface area contributed by atoms with Crippen LogP contribution in [0.4, 0.5) is 0 Å². The highest BCUT2D eigenvalue weighted by Gasteiger charge is 2.35. The van der Waals surface area contributed by atoms with E-state index in [0.29, 0.717) is 12.2 Å². The monoisotopic (exact) mass is 385 g/mol. The van der Waals surface area contributed by atoms with Gasteiger partial charge in [-0.15, -0.1) is 22.7 Å². The minimum Gasteiger partial charge on any atom is -0.337 e. The molecule has 1 atom stereocenters.